The van der Waals surface area contributed by atoms with Gasteiger partial charge in [0.2, 0.25) is 0 Å². The summed E-state index contributed by atoms with van der Waals surface area (Å²) in [6, 6.07) is 15.3. The van der Waals surface area contributed by atoms with E-state index in [9.17, 15) is 19.8 Å². The minimum atomic E-state index is -2.21. The van der Waals surface area contributed by atoms with Gasteiger partial charge in [0.1, 0.15) is 12.7 Å². The van der Waals surface area contributed by atoms with E-state index in [2.05, 4.69) is 13.8 Å². The van der Waals surface area contributed by atoms with Crippen LogP contribution < -0.4 is 9.80 Å². The number of fused-ring (bicyclic) bond motifs is 5. The van der Waals surface area contributed by atoms with E-state index in [4.69, 9.17) is 9.47 Å². The van der Waals surface area contributed by atoms with E-state index in [0.717, 1.165) is 22.5 Å². The smallest absolute Gasteiger partial charge is 0.415 e. The van der Waals surface area contributed by atoms with Crippen LogP contribution in [-0.2, 0) is 27.1 Å². The van der Waals surface area contributed by atoms with Crippen LogP contribution in [0.15, 0.2) is 71.8 Å². The normalized spacial score (nSPS) is 35.3. The highest BCUT2D eigenvalue weighted by Gasteiger charge is 2.77. The maximum Gasteiger partial charge on any atom is 0.415 e. The summed E-state index contributed by atoms with van der Waals surface area (Å²) in [7, 11) is 0. The maximum absolute atomic E-state index is 15.1. The molecule has 2 aromatic carbocycles. The minimum Gasteiger partial charge on any atom is -0.445 e. The Balaban J connectivity index is 1.17. The van der Waals surface area contributed by atoms with Gasteiger partial charge in [0.15, 0.2) is 17.5 Å². The summed E-state index contributed by atoms with van der Waals surface area (Å²) in [5, 5.41) is 25.6. The molecule has 9 heteroatoms. The van der Waals surface area contributed by atoms with Gasteiger partial charge in [-0.1, -0.05) is 75.7 Å². The molecule has 4 aliphatic carbocycles. The minimum absolute atomic E-state index is 0.0144. The van der Waals surface area contributed by atoms with Crippen LogP contribution in [0.3, 0.4) is 0 Å². The average molecular weight is 653 g/mol. The first-order chi connectivity index (χ1) is 22.9. The molecule has 2 aromatic rings. The Hall–Kier alpha value is -3.95. The molecule has 8 atom stereocenters. The lowest BCUT2D eigenvalue weighted by molar-refractivity contribution is -0.191. The molecule has 2 fully saturated rings. The number of nitrogens with zero attached hydrogens (tertiary/aromatic N) is 2. The molecule has 2 N–H and O–H groups in total. The van der Waals surface area contributed by atoms with Gasteiger partial charge in [0.05, 0.1) is 16.8 Å². The fourth-order valence-electron chi connectivity index (χ4n) is 10.3. The summed E-state index contributed by atoms with van der Waals surface area (Å²) in [6.07, 6.45) is 2.13. The molecule has 48 heavy (non-hydrogen) atoms. The van der Waals surface area contributed by atoms with Crippen molar-refractivity contribution in [2.45, 2.75) is 71.2 Å². The van der Waals surface area contributed by atoms with Crippen LogP contribution in [0.5, 0.6) is 0 Å². The van der Waals surface area contributed by atoms with Gasteiger partial charge in [-0.25, -0.2) is 9.59 Å². The Morgan fingerprint density at radius 3 is 2.19 bits per heavy atom. The zero-order valence-electron chi connectivity index (χ0n) is 28.0. The van der Waals surface area contributed by atoms with Gasteiger partial charge >= 0.3 is 12.2 Å². The van der Waals surface area contributed by atoms with Crippen LogP contribution in [-0.4, -0.2) is 65.7 Å². The SMILES string of the molecule is CC[C@@H]1C[C@@H]2[C@H]([C@@H]3C=C(COC(=O)N4CCc5ccccc54)[C@@H](O)[C@]4(O)[C@@H](OC(=O)N5CCc6ccccc65)C(C)=C[C@@]14C3=O)C2(C)C. The van der Waals surface area contributed by atoms with Crippen molar-refractivity contribution in [1.29, 1.82) is 0 Å². The number of carbonyl (C=O) groups is 3. The molecule has 8 rings (SSSR count). The van der Waals surface area contributed by atoms with Crippen LogP contribution in [0.2, 0.25) is 0 Å². The molecule has 2 amide bonds. The average Bonchev–Trinajstić information content (AvgIpc) is 3.44. The van der Waals surface area contributed by atoms with Gasteiger partial charge in [-0.15, -0.1) is 0 Å². The summed E-state index contributed by atoms with van der Waals surface area (Å²) in [4.78, 5) is 45.6. The van der Waals surface area contributed by atoms with Crippen LogP contribution in [0.25, 0.3) is 0 Å². The Morgan fingerprint density at radius 1 is 0.958 bits per heavy atom. The number of allylic oxidation sites excluding steroid dienone is 1. The van der Waals surface area contributed by atoms with E-state index in [1.54, 1.807) is 28.9 Å². The van der Waals surface area contributed by atoms with Crippen LogP contribution in [0.1, 0.15) is 51.7 Å². The molecular weight excluding hydrogens is 608 g/mol. The Kier molecular flexibility index (Phi) is 7.03. The van der Waals surface area contributed by atoms with E-state index in [1.807, 2.05) is 55.5 Å². The summed E-state index contributed by atoms with van der Waals surface area (Å²) in [6.45, 7) is 8.74. The van der Waals surface area contributed by atoms with Crippen molar-refractivity contribution >= 4 is 29.3 Å². The van der Waals surface area contributed by atoms with Crippen molar-refractivity contribution in [2.75, 3.05) is 29.5 Å². The Bertz CT molecular complexity index is 1780. The number of aliphatic hydroxyl groups is 2. The Morgan fingerprint density at radius 2 is 1.56 bits per heavy atom. The van der Waals surface area contributed by atoms with E-state index in [-0.39, 0.29) is 41.1 Å². The third-order valence-electron chi connectivity index (χ3n) is 12.8. The number of para-hydroxylation sites is 2. The number of hydrogen-bond acceptors (Lipinski definition) is 7. The number of amides is 2. The first-order valence-electron chi connectivity index (χ1n) is 17.4. The summed E-state index contributed by atoms with van der Waals surface area (Å²) in [5.74, 6) is -0.802. The molecule has 0 unspecified atom stereocenters. The van der Waals surface area contributed by atoms with Crippen molar-refractivity contribution in [3.05, 3.63) is 83.0 Å². The molecule has 9 nitrogen and oxygen atoms in total. The predicted octanol–water partition coefficient (Wildman–Crippen LogP) is 5.62. The number of Topliss-reactive ketones (excluding diaryl/α,β-unsaturated/α-hetero) is 1. The molecule has 0 radical (unpaired) electrons. The molecule has 252 valence electrons. The van der Waals surface area contributed by atoms with Gasteiger partial charge in [-0.3, -0.25) is 14.6 Å². The van der Waals surface area contributed by atoms with Crippen molar-refractivity contribution in [2.24, 2.45) is 34.5 Å². The third-order valence-corrected chi connectivity index (χ3v) is 12.8. The molecule has 2 bridgehead atoms. The number of carbonyl (C=O) groups excluding carboxylic acids is 3. The van der Waals surface area contributed by atoms with Crippen molar-refractivity contribution in [3.8, 4) is 0 Å². The second-order valence-electron chi connectivity index (χ2n) is 15.3. The summed E-state index contributed by atoms with van der Waals surface area (Å²) >= 11 is 0. The van der Waals surface area contributed by atoms with Crippen LogP contribution in [0, 0.1) is 34.5 Å². The number of ketones is 1. The van der Waals surface area contributed by atoms with E-state index < -0.39 is 41.3 Å². The molecule has 2 heterocycles. The fraction of sp³-hybridized carbons (Fsp3) is 0.513. The van der Waals surface area contributed by atoms with E-state index >= 15 is 4.79 Å². The zero-order chi connectivity index (χ0) is 33.7. The fourth-order valence-corrected chi connectivity index (χ4v) is 10.3. The zero-order valence-corrected chi connectivity index (χ0v) is 28.0. The number of hydrogen-bond donors (Lipinski definition) is 2. The monoisotopic (exact) mass is 652 g/mol. The second kappa shape index (κ2) is 10.8. The summed E-state index contributed by atoms with van der Waals surface area (Å²) in [5.41, 5.74) is 0.601. The molecule has 0 saturated heterocycles. The van der Waals surface area contributed by atoms with E-state index in [1.165, 1.54) is 0 Å². The largest absolute Gasteiger partial charge is 0.445 e. The predicted molar refractivity (Wildman–Crippen MR) is 179 cm³/mol. The van der Waals surface area contributed by atoms with Gasteiger partial charge in [0.25, 0.3) is 0 Å². The number of anilines is 2. The number of benzene rings is 2. The summed E-state index contributed by atoms with van der Waals surface area (Å²) < 4.78 is 12.1. The lowest BCUT2D eigenvalue weighted by atomic mass is 9.58. The van der Waals surface area contributed by atoms with Gasteiger partial charge in [-0.05, 0) is 83.8 Å². The van der Waals surface area contributed by atoms with Crippen molar-refractivity contribution in [3.63, 3.8) is 0 Å². The van der Waals surface area contributed by atoms with Gasteiger partial charge in [-0.2, -0.15) is 0 Å². The Labute approximate surface area is 281 Å². The topological polar surface area (TPSA) is 117 Å². The van der Waals surface area contributed by atoms with Crippen LogP contribution >= 0.6 is 0 Å². The lowest BCUT2D eigenvalue weighted by Gasteiger charge is -2.49. The van der Waals surface area contributed by atoms with Gasteiger partial charge < -0.3 is 19.7 Å². The van der Waals surface area contributed by atoms with E-state index in [0.29, 0.717) is 44.3 Å². The second-order valence-corrected chi connectivity index (χ2v) is 15.3. The van der Waals surface area contributed by atoms with Crippen LogP contribution in [0.4, 0.5) is 21.0 Å². The van der Waals surface area contributed by atoms with Crippen molar-refractivity contribution < 1.29 is 34.1 Å². The standard InChI is InChI=1S/C39H44N2O7/c1-5-26-19-28-31(37(28,3)4)27-18-25(21-47-35(44)40-16-14-23-10-6-8-12-29(23)40)32(42)39(46)34(22(2)20-38(26,39)33(27)43)48-36(45)41-17-15-24-11-7-9-13-30(24)41/h6-13,18,20,26-28,31-32,34,42,46H,5,14-17,19,21H2,1-4H3/t26-,27+,28-,31+,32-,34+,38+,39+/m1/s1. The maximum atomic E-state index is 15.1. The third kappa shape index (κ3) is 4.13. The molecule has 1 spiro atoms. The van der Waals surface area contributed by atoms with Gasteiger partial charge in [0, 0.05) is 19.0 Å². The first-order valence-corrected chi connectivity index (χ1v) is 17.4. The molecule has 6 aliphatic rings. The highest BCUT2D eigenvalue weighted by Crippen LogP contribution is 2.72. The number of aliphatic hydroxyl groups excluding tert-OH is 1. The number of rotatable bonds is 4. The molecular formula is C39H44N2O7. The molecule has 2 saturated carbocycles. The highest BCUT2D eigenvalue weighted by atomic mass is 16.6. The molecule has 0 aromatic heterocycles. The highest BCUT2D eigenvalue weighted by molar-refractivity contribution is 5.96. The number of ether oxygens (including phenoxy) is 2. The first kappa shape index (κ1) is 31.3. The molecule has 2 aliphatic heterocycles. The quantitative estimate of drug-likeness (QED) is 0.412. The van der Waals surface area contributed by atoms with Crippen molar-refractivity contribution in [1.82, 2.24) is 0 Å². The lowest BCUT2D eigenvalue weighted by Crippen LogP contribution is -2.66.